The Hall–Kier alpha value is -2.82. The van der Waals surface area contributed by atoms with Crippen LogP contribution in [-0.4, -0.2) is 25.0 Å². The van der Waals surface area contributed by atoms with E-state index in [2.05, 4.69) is 11.4 Å². The fourth-order valence-corrected chi connectivity index (χ4v) is 3.10. The SMILES string of the molecule is Cc1cc(C)cc(NC(=O)Cc2ccc3c(c2)N(C)C(=O)C(C)O3)c1. The third-order valence-corrected chi connectivity index (χ3v) is 4.24. The monoisotopic (exact) mass is 338 g/mol. The van der Waals surface area contributed by atoms with Crippen LogP contribution in [0.4, 0.5) is 11.4 Å². The third kappa shape index (κ3) is 3.65. The highest BCUT2D eigenvalue weighted by Crippen LogP contribution is 2.34. The molecule has 1 N–H and O–H groups in total. The Bertz CT molecular complexity index is 825. The molecule has 1 unspecified atom stereocenters. The third-order valence-electron chi connectivity index (χ3n) is 4.24. The molecule has 1 heterocycles. The van der Waals surface area contributed by atoms with Gasteiger partial charge in [0.15, 0.2) is 6.10 Å². The molecular weight excluding hydrogens is 316 g/mol. The summed E-state index contributed by atoms with van der Waals surface area (Å²) in [6.07, 6.45) is -0.256. The number of nitrogens with one attached hydrogen (secondary N) is 1. The Labute approximate surface area is 147 Å². The lowest BCUT2D eigenvalue weighted by Gasteiger charge is -2.30. The van der Waals surface area contributed by atoms with E-state index in [1.165, 1.54) is 0 Å². The van der Waals surface area contributed by atoms with Crippen LogP contribution in [0, 0.1) is 13.8 Å². The molecule has 0 spiro atoms. The van der Waals surface area contributed by atoms with E-state index in [-0.39, 0.29) is 18.2 Å². The van der Waals surface area contributed by atoms with Gasteiger partial charge in [-0.05, 0) is 61.7 Å². The number of benzene rings is 2. The van der Waals surface area contributed by atoms with Gasteiger partial charge in [0.1, 0.15) is 5.75 Å². The Kier molecular flexibility index (Phi) is 4.49. The highest BCUT2D eigenvalue weighted by molar-refractivity contribution is 5.99. The van der Waals surface area contributed by atoms with Crippen molar-refractivity contribution in [3.05, 3.63) is 53.1 Å². The number of nitrogens with zero attached hydrogens (tertiary/aromatic N) is 1. The summed E-state index contributed by atoms with van der Waals surface area (Å²) >= 11 is 0. The summed E-state index contributed by atoms with van der Waals surface area (Å²) in [6.45, 7) is 5.73. The van der Waals surface area contributed by atoms with Gasteiger partial charge in [-0.2, -0.15) is 0 Å². The minimum atomic E-state index is -0.490. The lowest BCUT2D eigenvalue weighted by Crippen LogP contribution is -2.42. The van der Waals surface area contributed by atoms with Crippen LogP contribution in [0.3, 0.4) is 0 Å². The maximum Gasteiger partial charge on any atom is 0.267 e. The quantitative estimate of drug-likeness (QED) is 0.935. The Morgan fingerprint density at radius 2 is 1.84 bits per heavy atom. The van der Waals surface area contributed by atoms with Crippen molar-refractivity contribution in [1.82, 2.24) is 0 Å². The van der Waals surface area contributed by atoms with Crippen LogP contribution >= 0.6 is 0 Å². The summed E-state index contributed by atoms with van der Waals surface area (Å²) in [5.41, 5.74) is 4.54. The molecule has 1 aliphatic rings. The van der Waals surface area contributed by atoms with Gasteiger partial charge in [-0.25, -0.2) is 0 Å². The first-order valence-electron chi connectivity index (χ1n) is 8.29. The predicted octanol–water partition coefficient (Wildman–Crippen LogP) is 3.23. The largest absolute Gasteiger partial charge is 0.479 e. The number of ether oxygens (including phenoxy) is 1. The highest BCUT2D eigenvalue weighted by Gasteiger charge is 2.28. The minimum absolute atomic E-state index is 0.0932. The molecule has 130 valence electrons. The second kappa shape index (κ2) is 6.59. The summed E-state index contributed by atoms with van der Waals surface area (Å²) < 4.78 is 5.60. The molecule has 2 amide bonds. The van der Waals surface area contributed by atoms with Crippen molar-refractivity contribution in [3.63, 3.8) is 0 Å². The van der Waals surface area contributed by atoms with E-state index >= 15 is 0 Å². The summed E-state index contributed by atoms with van der Waals surface area (Å²) in [5.74, 6) is 0.474. The van der Waals surface area contributed by atoms with Crippen molar-refractivity contribution in [2.45, 2.75) is 33.3 Å². The number of likely N-dealkylation sites (N-methyl/N-ethyl adjacent to an activating group) is 1. The summed E-state index contributed by atoms with van der Waals surface area (Å²) in [5, 5.41) is 2.93. The number of carbonyl (C=O) groups is 2. The first-order valence-corrected chi connectivity index (χ1v) is 8.29. The lowest BCUT2D eigenvalue weighted by molar-refractivity contribution is -0.125. The van der Waals surface area contributed by atoms with E-state index in [0.29, 0.717) is 11.4 Å². The molecule has 0 bridgehead atoms. The fraction of sp³-hybridized carbons (Fsp3) is 0.300. The average Bonchev–Trinajstić information content (AvgIpc) is 2.52. The van der Waals surface area contributed by atoms with Gasteiger partial charge in [0, 0.05) is 12.7 Å². The van der Waals surface area contributed by atoms with Crippen LogP contribution in [-0.2, 0) is 16.0 Å². The molecular formula is C20H22N2O3. The van der Waals surface area contributed by atoms with Crippen molar-refractivity contribution in [1.29, 1.82) is 0 Å². The van der Waals surface area contributed by atoms with Crippen LogP contribution in [0.2, 0.25) is 0 Å². The molecule has 3 rings (SSSR count). The number of hydrogen-bond donors (Lipinski definition) is 1. The molecule has 5 heteroatoms. The van der Waals surface area contributed by atoms with Gasteiger partial charge in [-0.15, -0.1) is 0 Å². The van der Waals surface area contributed by atoms with E-state index in [9.17, 15) is 9.59 Å². The molecule has 0 fully saturated rings. The Balaban J connectivity index is 1.75. The predicted molar refractivity (Wildman–Crippen MR) is 98.2 cm³/mol. The first kappa shape index (κ1) is 17.0. The second-order valence-corrected chi connectivity index (χ2v) is 6.56. The minimum Gasteiger partial charge on any atom is -0.479 e. The van der Waals surface area contributed by atoms with Crippen LogP contribution in [0.1, 0.15) is 23.6 Å². The molecule has 25 heavy (non-hydrogen) atoms. The molecule has 2 aromatic rings. The molecule has 1 aliphatic heterocycles. The standard InChI is InChI=1S/C20H22N2O3/c1-12-7-13(2)9-16(8-12)21-19(23)11-15-5-6-18-17(10-15)22(4)20(24)14(3)25-18/h5-10,14H,11H2,1-4H3,(H,21,23). The van der Waals surface area contributed by atoms with Gasteiger partial charge in [0.2, 0.25) is 5.91 Å². The zero-order chi connectivity index (χ0) is 18.1. The van der Waals surface area contributed by atoms with E-state index in [1.807, 2.05) is 44.2 Å². The maximum absolute atomic E-state index is 12.3. The molecule has 1 atom stereocenters. The zero-order valence-corrected chi connectivity index (χ0v) is 14.9. The van der Waals surface area contributed by atoms with Crippen molar-refractivity contribution in [3.8, 4) is 5.75 Å². The summed E-state index contributed by atoms with van der Waals surface area (Å²) in [6, 6.07) is 11.5. The maximum atomic E-state index is 12.3. The smallest absolute Gasteiger partial charge is 0.267 e. The zero-order valence-electron chi connectivity index (χ0n) is 14.9. The topological polar surface area (TPSA) is 58.6 Å². The molecule has 0 saturated carbocycles. The normalized spacial score (nSPS) is 16.2. The average molecular weight is 338 g/mol. The van der Waals surface area contributed by atoms with Gasteiger partial charge in [-0.3, -0.25) is 9.59 Å². The fourth-order valence-electron chi connectivity index (χ4n) is 3.10. The van der Waals surface area contributed by atoms with Gasteiger partial charge < -0.3 is 15.0 Å². The molecule has 5 nitrogen and oxygen atoms in total. The number of aryl methyl sites for hydroxylation is 2. The molecule has 0 radical (unpaired) electrons. The first-order chi connectivity index (χ1) is 11.8. The van der Waals surface area contributed by atoms with E-state index < -0.39 is 6.10 Å². The number of rotatable bonds is 3. The number of carbonyl (C=O) groups excluding carboxylic acids is 2. The van der Waals surface area contributed by atoms with Crippen LogP contribution in [0.25, 0.3) is 0 Å². The number of amides is 2. The van der Waals surface area contributed by atoms with Crippen LogP contribution < -0.4 is 15.0 Å². The van der Waals surface area contributed by atoms with Gasteiger partial charge in [0.25, 0.3) is 5.91 Å². The Morgan fingerprint density at radius 1 is 1.16 bits per heavy atom. The van der Waals surface area contributed by atoms with Gasteiger partial charge in [-0.1, -0.05) is 12.1 Å². The van der Waals surface area contributed by atoms with Gasteiger partial charge >= 0.3 is 0 Å². The summed E-state index contributed by atoms with van der Waals surface area (Å²) in [4.78, 5) is 26.0. The van der Waals surface area contributed by atoms with Gasteiger partial charge in [0.05, 0.1) is 12.1 Å². The number of hydrogen-bond acceptors (Lipinski definition) is 3. The Morgan fingerprint density at radius 3 is 2.52 bits per heavy atom. The number of fused-ring (bicyclic) bond motifs is 1. The van der Waals surface area contributed by atoms with E-state index in [1.54, 1.807) is 18.9 Å². The molecule has 2 aromatic carbocycles. The van der Waals surface area contributed by atoms with Crippen molar-refractivity contribution >= 4 is 23.2 Å². The molecule has 0 saturated heterocycles. The van der Waals surface area contributed by atoms with E-state index in [4.69, 9.17) is 4.74 Å². The molecule has 0 aromatic heterocycles. The number of anilines is 2. The van der Waals surface area contributed by atoms with Crippen molar-refractivity contribution < 1.29 is 14.3 Å². The van der Waals surface area contributed by atoms with Crippen LogP contribution in [0.15, 0.2) is 36.4 Å². The lowest BCUT2D eigenvalue weighted by atomic mass is 10.1. The van der Waals surface area contributed by atoms with Crippen molar-refractivity contribution in [2.24, 2.45) is 0 Å². The van der Waals surface area contributed by atoms with E-state index in [0.717, 1.165) is 22.4 Å². The molecule has 0 aliphatic carbocycles. The second-order valence-electron chi connectivity index (χ2n) is 6.56. The highest BCUT2D eigenvalue weighted by atomic mass is 16.5. The van der Waals surface area contributed by atoms with Crippen molar-refractivity contribution in [2.75, 3.05) is 17.3 Å². The summed E-state index contributed by atoms with van der Waals surface area (Å²) in [7, 11) is 1.72. The van der Waals surface area contributed by atoms with Crippen LogP contribution in [0.5, 0.6) is 5.75 Å².